The maximum absolute atomic E-state index is 11.6. The molecule has 2 aromatic carbocycles. The van der Waals surface area contributed by atoms with E-state index in [0.29, 0.717) is 10.8 Å². The monoisotopic (exact) mass is 464 g/mol. The van der Waals surface area contributed by atoms with Crippen LogP contribution in [0, 0.1) is 0 Å². The molecule has 1 amide bonds. The van der Waals surface area contributed by atoms with Crippen molar-refractivity contribution in [3.8, 4) is 27.5 Å². The molecule has 2 N–H and O–H groups in total. The van der Waals surface area contributed by atoms with Gasteiger partial charge in [0.2, 0.25) is 5.91 Å². The first-order chi connectivity index (χ1) is 15.4. The minimum absolute atomic E-state index is 0.106. The maximum atomic E-state index is 11.6. The molecule has 32 heavy (non-hydrogen) atoms. The van der Waals surface area contributed by atoms with Crippen LogP contribution in [-0.2, 0) is 17.6 Å². The van der Waals surface area contributed by atoms with Crippen molar-refractivity contribution in [2.24, 2.45) is 0 Å². The number of aromatic nitrogens is 3. The topological polar surface area (TPSA) is 97.1 Å². The molecule has 2 heterocycles. The van der Waals surface area contributed by atoms with Gasteiger partial charge < -0.3 is 10.4 Å². The van der Waals surface area contributed by atoms with E-state index in [9.17, 15) is 14.7 Å². The molecule has 0 saturated carbocycles. The Hall–Kier alpha value is -3.49. The number of amides is 1. The lowest BCUT2D eigenvalue weighted by Gasteiger charge is -2.15. The van der Waals surface area contributed by atoms with Gasteiger partial charge in [0.15, 0.2) is 5.13 Å². The van der Waals surface area contributed by atoms with Crippen LogP contribution in [0.2, 0.25) is 5.02 Å². The SMILES string of the molecule is CC(=O)Nc1nc2c(s1)-c1c(c(-c3ccccc3)nn1-c1ccc(C(=O)O)cc1Cl)CC2. The van der Waals surface area contributed by atoms with E-state index in [4.69, 9.17) is 16.7 Å². The third-order valence-electron chi connectivity index (χ3n) is 5.26. The lowest BCUT2D eigenvalue weighted by atomic mass is 9.95. The van der Waals surface area contributed by atoms with Crippen molar-refractivity contribution in [2.45, 2.75) is 19.8 Å². The second-order valence-corrected chi connectivity index (χ2v) is 8.81. The van der Waals surface area contributed by atoms with E-state index in [-0.39, 0.29) is 16.5 Å². The summed E-state index contributed by atoms with van der Waals surface area (Å²) in [6.07, 6.45) is 1.47. The highest BCUT2D eigenvalue weighted by atomic mass is 35.5. The maximum Gasteiger partial charge on any atom is 0.335 e. The van der Waals surface area contributed by atoms with Crippen molar-refractivity contribution in [2.75, 3.05) is 5.32 Å². The van der Waals surface area contributed by atoms with Gasteiger partial charge in [0.1, 0.15) is 0 Å². The summed E-state index contributed by atoms with van der Waals surface area (Å²) in [5.41, 5.74) is 5.34. The van der Waals surface area contributed by atoms with Gasteiger partial charge in [0.05, 0.1) is 38.2 Å². The predicted molar refractivity (Wildman–Crippen MR) is 124 cm³/mol. The van der Waals surface area contributed by atoms with Crippen LogP contribution in [0.4, 0.5) is 5.13 Å². The highest BCUT2D eigenvalue weighted by Gasteiger charge is 2.30. The van der Waals surface area contributed by atoms with Crippen LogP contribution in [0.15, 0.2) is 48.5 Å². The lowest BCUT2D eigenvalue weighted by Crippen LogP contribution is -2.07. The summed E-state index contributed by atoms with van der Waals surface area (Å²) < 4.78 is 1.76. The average molecular weight is 465 g/mol. The number of carbonyl (C=O) groups excluding carboxylic acids is 1. The Morgan fingerprint density at radius 1 is 1.16 bits per heavy atom. The highest BCUT2D eigenvalue weighted by molar-refractivity contribution is 7.19. The van der Waals surface area contributed by atoms with Gasteiger partial charge in [-0.25, -0.2) is 14.5 Å². The first-order valence-electron chi connectivity index (χ1n) is 9.90. The third-order valence-corrected chi connectivity index (χ3v) is 6.58. The van der Waals surface area contributed by atoms with Crippen LogP contribution in [-0.4, -0.2) is 31.7 Å². The fourth-order valence-corrected chi connectivity index (χ4v) is 5.26. The van der Waals surface area contributed by atoms with Crippen molar-refractivity contribution in [1.82, 2.24) is 14.8 Å². The Morgan fingerprint density at radius 3 is 2.62 bits per heavy atom. The second-order valence-electron chi connectivity index (χ2n) is 7.40. The number of rotatable bonds is 4. The molecule has 7 nitrogen and oxygen atoms in total. The third kappa shape index (κ3) is 3.47. The van der Waals surface area contributed by atoms with Crippen LogP contribution < -0.4 is 5.32 Å². The Balaban J connectivity index is 1.75. The largest absolute Gasteiger partial charge is 0.478 e. The summed E-state index contributed by atoms with van der Waals surface area (Å²) >= 11 is 7.91. The number of hydrogen-bond acceptors (Lipinski definition) is 5. The van der Waals surface area contributed by atoms with Crippen molar-refractivity contribution >= 4 is 39.9 Å². The lowest BCUT2D eigenvalue weighted by molar-refractivity contribution is -0.114. The minimum atomic E-state index is -1.05. The molecular weight excluding hydrogens is 448 g/mol. The first-order valence-corrected chi connectivity index (χ1v) is 11.1. The molecule has 1 aliphatic rings. The van der Waals surface area contributed by atoms with E-state index in [1.807, 2.05) is 30.3 Å². The van der Waals surface area contributed by atoms with E-state index < -0.39 is 5.97 Å². The van der Waals surface area contributed by atoms with Crippen molar-refractivity contribution in [1.29, 1.82) is 0 Å². The number of halogens is 1. The van der Waals surface area contributed by atoms with Crippen LogP contribution in [0.1, 0.15) is 28.5 Å². The standard InChI is InChI=1S/C23H17ClN4O3S/c1-12(29)25-23-26-17-9-8-15-19(13-5-3-2-4-6-13)27-28(20(15)21(17)32-23)18-10-7-14(22(30)31)11-16(18)24/h2-7,10-11H,8-9H2,1H3,(H,30,31)(H,25,26,29). The molecule has 9 heteroatoms. The molecule has 1 aliphatic carbocycles. The van der Waals surface area contributed by atoms with E-state index in [0.717, 1.165) is 45.9 Å². The van der Waals surface area contributed by atoms with Crippen LogP contribution in [0.3, 0.4) is 0 Å². The van der Waals surface area contributed by atoms with E-state index in [1.54, 1.807) is 10.7 Å². The van der Waals surface area contributed by atoms with Gasteiger partial charge in [-0.3, -0.25) is 4.79 Å². The van der Waals surface area contributed by atoms with E-state index in [2.05, 4.69) is 10.3 Å². The molecule has 0 bridgehead atoms. The van der Waals surface area contributed by atoms with Gasteiger partial charge in [-0.2, -0.15) is 5.10 Å². The van der Waals surface area contributed by atoms with Gasteiger partial charge in [0, 0.05) is 18.1 Å². The number of thiazole rings is 1. The van der Waals surface area contributed by atoms with Gasteiger partial charge in [0.25, 0.3) is 0 Å². The number of carboxylic acids is 1. The zero-order chi connectivity index (χ0) is 22.4. The summed E-state index contributed by atoms with van der Waals surface area (Å²) in [4.78, 5) is 28.4. The molecule has 2 aromatic heterocycles. The molecule has 0 fully saturated rings. The van der Waals surface area contributed by atoms with Crippen LogP contribution in [0.5, 0.6) is 0 Å². The Kier molecular flexibility index (Phi) is 5.03. The van der Waals surface area contributed by atoms with Crippen LogP contribution in [0.25, 0.3) is 27.5 Å². The number of carboxylic acid groups (broad SMARTS) is 1. The van der Waals surface area contributed by atoms with Crippen molar-refractivity contribution in [3.63, 3.8) is 0 Å². The van der Waals surface area contributed by atoms with E-state index >= 15 is 0 Å². The number of aryl methyl sites for hydroxylation is 1. The summed E-state index contributed by atoms with van der Waals surface area (Å²) in [7, 11) is 0. The molecule has 0 radical (unpaired) electrons. The normalized spacial score (nSPS) is 12.2. The molecule has 160 valence electrons. The fourth-order valence-electron chi connectivity index (χ4n) is 3.89. The number of carbonyl (C=O) groups is 2. The molecule has 0 aliphatic heterocycles. The van der Waals surface area contributed by atoms with E-state index in [1.165, 1.54) is 30.4 Å². The van der Waals surface area contributed by atoms with Crippen molar-refractivity contribution < 1.29 is 14.7 Å². The fraction of sp³-hybridized carbons (Fsp3) is 0.130. The number of nitrogens with zero attached hydrogens (tertiary/aromatic N) is 3. The van der Waals surface area contributed by atoms with Crippen molar-refractivity contribution in [3.05, 3.63) is 70.4 Å². The molecule has 0 saturated heterocycles. The average Bonchev–Trinajstić information content (AvgIpc) is 3.34. The minimum Gasteiger partial charge on any atom is -0.478 e. The summed E-state index contributed by atoms with van der Waals surface area (Å²) in [5, 5.41) is 17.8. The van der Waals surface area contributed by atoms with Gasteiger partial charge in [-0.15, -0.1) is 0 Å². The second kappa shape index (κ2) is 7.89. The first kappa shape index (κ1) is 20.4. The van der Waals surface area contributed by atoms with Gasteiger partial charge >= 0.3 is 5.97 Å². The molecule has 0 atom stereocenters. The molecule has 5 rings (SSSR count). The molecule has 4 aromatic rings. The number of anilines is 1. The molecule has 0 spiro atoms. The zero-order valence-corrected chi connectivity index (χ0v) is 18.5. The van der Waals surface area contributed by atoms with Gasteiger partial charge in [-0.05, 0) is 31.0 Å². The number of aromatic carboxylic acids is 1. The summed E-state index contributed by atoms with van der Waals surface area (Å²) in [6.45, 7) is 1.45. The van der Waals surface area contributed by atoms with Gasteiger partial charge in [-0.1, -0.05) is 53.3 Å². The molecular formula is C23H17ClN4O3S. The van der Waals surface area contributed by atoms with Crippen LogP contribution >= 0.6 is 22.9 Å². The number of fused-ring (bicyclic) bond motifs is 3. The number of hydrogen-bond donors (Lipinski definition) is 2. The highest BCUT2D eigenvalue weighted by Crippen LogP contribution is 2.44. The Bertz CT molecular complexity index is 1380. The summed E-state index contributed by atoms with van der Waals surface area (Å²) in [5.74, 6) is -1.22. The molecule has 0 unspecified atom stereocenters. The Labute approximate surface area is 192 Å². The smallest absolute Gasteiger partial charge is 0.335 e. The Morgan fingerprint density at radius 2 is 1.94 bits per heavy atom. The summed E-state index contributed by atoms with van der Waals surface area (Å²) in [6, 6.07) is 14.5. The predicted octanol–water partition coefficient (Wildman–Crippen LogP) is 5.07. The number of nitrogens with one attached hydrogen (secondary N) is 1. The number of benzene rings is 2. The zero-order valence-electron chi connectivity index (χ0n) is 16.9. The quantitative estimate of drug-likeness (QED) is 0.439.